The average molecular weight is 270 g/mol. The summed E-state index contributed by atoms with van der Waals surface area (Å²) in [6, 6.07) is 6.20. The van der Waals surface area contributed by atoms with E-state index in [1.807, 2.05) is 0 Å². The van der Waals surface area contributed by atoms with Crippen LogP contribution in [0.5, 0.6) is 5.75 Å². The van der Waals surface area contributed by atoms with Crippen LogP contribution in [0.1, 0.15) is 18.6 Å². The maximum atomic E-state index is 10.8. The third kappa shape index (κ3) is 7.66. The lowest BCUT2D eigenvalue weighted by Gasteiger charge is -2.10. The van der Waals surface area contributed by atoms with E-state index in [1.54, 1.807) is 19.1 Å². The monoisotopic (exact) mass is 270 g/mol. The Balaban J connectivity index is -0.000000653. The molecule has 7 nitrogen and oxygen atoms in total. The summed E-state index contributed by atoms with van der Waals surface area (Å²) in [5.41, 5.74) is 0.702. The first kappa shape index (κ1) is 21.1. The molecule has 0 saturated heterocycles. The van der Waals surface area contributed by atoms with E-state index in [-0.39, 0.29) is 22.2 Å². The first-order chi connectivity index (χ1) is 6.38. The number of hydrogen-bond donors (Lipinski definition) is 1. The molecule has 0 heterocycles. The first-order valence-corrected chi connectivity index (χ1v) is 5.87. The largest absolute Gasteiger partial charge is 0.508 e. The second-order valence-electron chi connectivity index (χ2n) is 3.03. The van der Waals surface area contributed by atoms with Crippen LogP contribution < -0.4 is 0 Å². The highest BCUT2D eigenvalue weighted by molar-refractivity contribution is 7.86. The van der Waals surface area contributed by atoms with E-state index in [0.29, 0.717) is 5.56 Å². The van der Waals surface area contributed by atoms with Crippen molar-refractivity contribution in [3.8, 4) is 5.75 Å². The number of rotatable bonds is 3. The third-order valence-electron chi connectivity index (χ3n) is 1.68. The highest BCUT2D eigenvalue weighted by Crippen LogP contribution is 2.20. The number of hydrogen-bond acceptors (Lipinski definition) is 4. The van der Waals surface area contributed by atoms with Gasteiger partial charge in [0.1, 0.15) is 5.75 Å². The Morgan fingerprint density at radius 3 is 1.88 bits per heavy atom. The highest BCUT2D eigenvalue weighted by atomic mass is 32.2. The predicted molar refractivity (Wildman–Crippen MR) is 63.3 cm³/mol. The van der Waals surface area contributed by atoms with Crippen molar-refractivity contribution in [2.75, 3.05) is 6.26 Å². The van der Waals surface area contributed by atoms with Gasteiger partial charge in [-0.2, -0.15) is 8.42 Å². The lowest BCUT2D eigenvalue weighted by atomic mass is 10.1. The standard InChI is InChI=1S/C9H12O4S.3H2O/c1-7(13-14(2,11)12)8-3-5-9(10)6-4-8;;;/h3-7,10H,1-2H3;3*1H2. The average Bonchev–Trinajstić information content (AvgIpc) is 2.02. The molecule has 0 aliphatic rings. The molecule has 8 heteroatoms. The van der Waals surface area contributed by atoms with Gasteiger partial charge in [-0.15, -0.1) is 0 Å². The molecule has 1 unspecified atom stereocenters. The van der Waals surface area contributed by atoms with Gasteiger partial charge in [0.25, 0.3) is 10.1 Å². The van der Waals surface area contributed by atoms with Crippen molar-refractivity contribution in [1.82, 2.24) is 0 Å². The summed E-state index contributed by atoms with van der Waals surface area (Å²) >= 11 is 0. The van der Waals surface area contributed by atoms with Crippen LogP contribution in [0, 0.1) is 0 Å². The van der Waals surface area contributed by atoms with Crippen LogP contribution in [0.2, 0.25) is 0 Å². The molecule has 0 fully saturated rings. The van der Waals surface area contributed by atoms with Gasteiger partial charge in [0.05, 0.1) is 12.4 Å². The van der Waals surface area contributed by atoms with E-state index in [2.05, 4.69) is 0 Å². The fourth-order valence-electron chi connectivity index (χ4n) is 1.06. The summed E-state index contributed by atoms with van der Waals surface area (Å²) in [5.74, 6) is 0.139. The van der Waals surface area contributed by atoms with E-state index < -0.39 is 16.2 Å². The van der Waals surface area contributed by atoms with E-state index in [4.69, 9.17) is 9.29 Å². The van der Waals surface area contributed by atoms with Gasteiger partial charge in [-0.25, -0.2) is 0 Å². The molecule has 0 bridgehead atoms. The molecule has 0 amide bonds. The fraction of sp³-hybridized carbons (Fsp3) is 0.333. The van der Waals surface area contributed by atoms with Gasteiger partial charge >= 0.3 is 0 Å². The van der Waals surface area contributed by atoms with Gasteiger partial charge in [0.15, 0.2) is 0 Å². The number of aromatic hydroxyl groups is 1. The Morgan fingerprint density at radius 2 is 1.53 bits per heavy atom. The topological polar surface area (TPSA) is 158 Å². The molecule has 0 radical (unpaired) electrons. The second kappa shape index (κ2) is 7.98. The van der Waals surface area contributed by atoms with Crippen LogP contribution in [-0.2, 0) is 14.3 Å². The van der Waals surface area contributed by atoms with Gasteiger partial charge in [-0.1, -0.05) is 12.1 Å². The van der Waals surface area contributed by atoms with Crippen LogP contribution in [0.4, 0.5) is 0 Å². The van der Waals surface area contributed by atoms with Crippen molar-refractivity contribution in [1.29, 1.82) is 0 Å². The zero-order chi connectivity index (χ0) is 10.8. The highest BCUT2D eigenvalue weighted by Gasteiger charge is 2.11. The van der Waals surface area contributed by atoms with Gasteiger partial charge in [0, 0.05) is 0 Å². The van der Waals surface area contributed by atoms with Crippen LogP contribution >= 0.6 is 0 Å². The molecule has 7 N–H and O–H groups in total. The van der Waals surface area contributed by atoms with E-state index >= 15 is 0 Å². The molecule has 17 heavy (non-hydrogen) atoms. The normalized spacial score (nSPS) is 11.4. The maximum absolute atomic E-state index is 10.8. The zero-order valence-electron chi connectivity index (χ0n) is 9.47. The Bertz CT molecular complexity index is 398. The van der Waals surface area contributed by atoms with Gasteiger partial charge in [-0.3, -0.25) is 4.18 Å². The number of benzene rings is 1. The van der Waals surface area contributed by atoms with E-state index in [9.17, 15) is 8.42 Å². The molecule has 0 aromatic heterocycles. The molecule has 0 aliphatic heterocycles. The van der Waals surface area contributed by atoms with Gasteiger partial charge in [0.2, 0.25) is 0 Å². The van der Waals surface area contributed by atoms with Crippen LogP contribution in [-0.4, -0.2) is 36.2 Å². The summed E-state index contributed by atoms with van der Waals surface area (Å²) in [5, 5.41) is 9.01. The van der Waals surface area contributed by atoms with Crippen molar-refractivity contribution in [2.45, 2.75) is 13.0 Å². The molecule has 1 atom stereocenters. The SMILES string of the molecule is CC(OS(C)(=O)=O)c1ccc(O)cc1.O.O.O. The van der Waals surface area contributed by atoms with E-state index in [0.717, 1.165) is 6.26 Å². The zero-order valence-corrected chi connectivity index (χ0v) is 10.3. The minimum Gasteiger partial charge on any atom is -0.508 e. The summed E-state index contributed by atoms with van der Waals surface area (Å²) in [7, 11) is -3.44. The molecule has 1 rings (SSSR count). The minimum absolute atomic E-state index is 0. The Labute approximate surface area is 99.7 Å². The summed E-state index contributed by atoms with van der Waals surface area (Å²) in [6.07, 6.45) is 0.467. The molecule has 0 aliphatic carbocycles. The molecule has 102 valence electrons. The first-order valence-electron chi connectivity index (χ1n) is 4.05. The second-order valence-corrected chi connectivity index (χ2v) is 4.63. The predicted octanol–water partition coefficient (Wildman–Crippen LogP) is -1.04. The van der Waals surface area contributed by atoms with Crippen LogP contribution in [0.15, 0.2) is 24.3 Å². The lowest BCUT2D eigenvalue weighted by Crippen LogP contribution is -2.07. The maximum Gasteiger partial charge on any atom is 0.264 e. The Kier molecular flexibility index (Phi) is 9.92. The molecule has 1 aromatic carbocycles. The number of phenolic OH excluding ortho intramolecular Hbond substituents is 1. The van der Waals surface area contributed by atoms with Crippen molar-refractivity contribution in [3.63, 3.8) is 0 Å². The van der Waals surface area contributed by atoms with Crippen molar-refractivity contribution in [3.05, 3.63) is 29.8 Å². The minimum atomic E-state index is -3.44. The lowest BCUT2D eigenvalue weighted by molar-refractivity contribution is 0.236. The van der Waals surface area contributed by atoms with Crippen LogP contribution in [0.25, 0.3) is 0 Å². The summed E-state index contributed by atoms with van der Waals surface area (Å²) in [4.78, 5) is 0. The molecule has 1 aromatic rings. The quantitative estimate of drug-likeness (QED) is 0.695. The molecule has 0 spiro atoms. The van der Waals surface area contributed by atoms with Crippen molar-refractivity contribution >= 4 is 10.1 Å². The van der Waals surface area contributed by atoms with Crippen LogP contribution in [0.3, 0.4) is 0 Å². The fourth-order valence-corrected chi connectivity index (χ4v) is 1.70. The van der Waals surface area contributed by atoms with Crippen molar-refractivity contribution < 1.29 is 34.1 Å². The summed E-state index contributed by atoms with van der Waals surface area (Å²) < 4.78 is 26.4. The van der Waals surface area contributed by atoms with Gasteiger partial charge in [-0.05, 0) is 24.6 Å². The smallest absolute Gasteiger partial charge is 0.264 e. The summed E-state index contributed by atoms with van der Waals surface area (Å²) in [6.45, 7) is 1.63. The van der Waals surface area contributed by atoms with Gasteiger partial charge < -0.3 is 21.5 Å². The number of phenols is 1. The molecular weight excluding hydrogens is 252 g/mol. The Hall–Kier alpha value is -1.19. The Morgan fingerprint density at radius 1 is 1.12 bits per heavy atom. The molecular formula is C9H18O7S. The van der Waals surface area contributed by atoms with Crippen molar-refractivity contribution in [2.24, 2.45) is 0 Å². The molecule has 0 saturated carbocycles. The third-order valence-corrected chi connectivity index (χ3v) is 2.32. The van der Waals surface area contributed by atoms with E-state index in [1.165, 1.54) is 12.1 Å².